The molecular weight excluding hydrogens is 230 g/mol. The van der Waals surface area contributed by atoms with Crippen LogP contribution in [-0.4, -0.2) is 17.0 Å². The van der Waals surface area contributed by atoms with Crippen LogP contribution in [0.25, 0.3) is 0 Å². The van der Waals surface area contributed by atoms with E-state index in [1.165, 1.54) is 6.07 Å². The summed E-state index contributed by atoms with van der Waals surface area (Å²) in [6.45, 7) is 8.38. The molecule has 0 heterocycles. The number of nitrogens with one attached hydrogen (secondary N) is 1. The maximum atomic E-state index is 11.0. The van der Waals surface area contributed by atoms with Gasteiger partial charge >= 0.3 is 0 Å². The number of hydrogen-bond acceptors (Lipinski definition) is 4. The van der Waals surface area contributed by atoms with Gasteiger partial charge in [0.05, 0.1) is 4.92 Å². The molecule has 1 aromatic rings. The third kappa shape index (κ3) is 2.98. The summed E-state index contributed by atoms with van der Waals surface area (Å²) in [5.74, 6) is 0.266. The van der Waals surface area contributed by atoms with Gasteiger partial charge in [-0.05, 0) is 31.4 Å². The van der Waals surface area contributed by atoms with E-state index in [1.807, 2.05) is 27.7 Å². The maximum absolute atomic E-state index is 11.0. The first-order valence-electron chi connectivity index (χ1n) is 6.03. The van der Waals surface area contributed by atoms with E-state index in [0.717, 1.165) is 5.56 Å². The van der Waals surface area contributed by atoms with Crippen LogP contribution in [0.15, 0.2) is 18.2 Å². The molecule has 0 aliphatic carbocycles. The van der Waals surface area contributed by atoms with Crippen LogP contribution in [0, 0.1) is 23.0 Å². The van der Waals surface area contributed by atoms with E-state index in [2.05, 4.69) is 5.32 Å². The predicted molar refractivity (Wildman–Crippen MR) is 73.8 cm³/mol. The van der Waals surface area contributed by atoms with Gasteiger partial charge < -0.3 is 11.1 Å². The standard InChI is InChI=1S/C13H21N3O2/c1-9(2)13(4,8-14)15-11-7-10(3)5-6-12(11)16(17)18/h5-7,9,15H,8,14H2,1-4H3. The van der Waals surface area contributed by atoms with Crippen LogP contribution >= 0.6 is 0 Å². The number of nitro benzene ring substituents is 1. The number of benzene rings is 1. The number of hydrogen-bond donors (Lipinski definition) is 2. The van der Waals surface area contributed by atoms with Crippen molar-refractivity contribution in [3.63, 3.8) is 0 Å². The lowest BCUT2D eigenvalue weighted by molar-refractivity contribution is -0.384. The molecule has 1 aromatic carbocycles. The lowest BCUT2D eigenvalue weighted by Crippen LogP contribution is -2.47. The highest BCUT2D eigenvalue weighted by atomic mass is 16.6. The van der Waals surface area contributed by atoms with E-state index < -0.39 is 0 Å². The molecule has 0 aromatic heterocycles. The Bertz CT molecular complexity index is 446. The molecule has 0 spiro atoms. The van der Waals surface area contributed by atoms with Crippen molar-refractivity contribution in [2.45, 2.75) is 33.2 Å². The molecule has 0 radical (unpaired) electrons. The van der Waals surface area contributed by atoms with E-state index in [9.17, 15) is 10.1 Å². The topological polar surface area (TPSA) is 81.2 Å². The minimum absolute atomic E-state index is 0.0842. The van der Waals surface area contributed by atoms with E-state index >= 15 is 0 Å². The molecule has 3 N–H and O–H groups in total. The molecule has 0 fully saturated rings. The predicted octanol–water partition coefficient (Wildman–Crippen LogP) is 2.69. The van der Waals surface area contributed by atoms with Crippen molar-refractivity contribution in [2.24, 2.45) is 11.7 Å². The highest BCUT2D eigenvalue weighted by Gasteiger charge is 2.29. The molecule has 5 heteroatoms. The molecule has 0 bridgehead atoms. The Kier molecular flexibility index (Phi) is 4.29. The number of nitrogens with zero attached hydrogens (tertiary/aromatic N) is 1. The zero-order valence-corrected chi connectivity index (χ0v) is 11.4. The van der Waals surface area contributed by atoms with Crippen LogP contribution in [0.3, 0.4) is 0 Å². The van der Waals surface area contributed by atoms with Gasteiger partial charge in [-0.25, -0.2) is 0 Å². The first kappa shape index (κ1) is 14.4. The Morgan fingerprint density at radius 1 is 1.50 bits per heavy atom. The van der Waals surface area contributed by atoms with Gasteiger partial charge in [0.15, 0.2) is 0 Å². The van der Waals surface area contributed by atoms with Crippen LogP contribution in [-0.2, 0) is 0 Å². The molecule has 0 saturated carbocycles. The van der Waals surface area contributed by atoms with Gasteiger partial charge in [-0.2, -0.15) is 0 Å². The Hall–Kier alpha value is -1.62. The number of nitrogens with two attached hydrogens (primary N) is 1. The zero-order valence-electron chi connectivity index (χ0n) is 11.4. The second-order valence-electron chi connectivity index (χ2n) is 5.18. The van der Waals surface area contributed by atoms with Crippen molar-refractivity contribution in [1.82, 2.24) is 0 Å². The molecule has 100 valence electrons. The van der Waals surface area contributed by atoms with E-state index in [-0.39, 0.29) is 22.1 Å². The second kappa shape index (κ2) is 5.35. The Morgan fingerprint density at radius 2 is 2.11 bits per heavy atom. The fraction of sp³-hybridized carbons (Fsp3) is 0.538. The van der Waals surface area contributed by atoms with Crippen LogP contribution in [0.5, 0.6) is 0 Å². The van der Waals surface area contributed by atoms with Crippen molar-refractivity contribution < 1.29 is 4.92 Å². The minimum atomic E-state index is -0.376. The van der Waals surface area contributed by atoms with E-state index in [1.54, 1.807) is 12.1 Å². The van der Waals surface area contributed by atoms with Gasteiger partial charge in [0.1, 0.15) is 5.69 Å². The number of anilines is 1. The molecule has 0 saturated heterocycles. The second-order valence-corrected chi connectivity index (χ2v) is 5.18. The summed E-state index contributed by atoms with van der Waals surface area (Å²) in [6.07, 6.45) is 0. The molecule has 0 amide bonds. The molecule has 5 nitrogen and oxygen atoms in total. The van der Waals surface area contributed by atoms with Gasteiger partial charge in [0, 0.05) is 18.2 Å². The molecule has 0 aliphatic rings. The fourth-order valence-corrected chi connectivity index (χ4v) is 1.65. The third-order valence-electron chi connectivity index (χ3n) is 3.47. The molecule has 1 unspecified atom stereocenters. The minimum Gasteiger partial charge on any atom is -0.373 e. The van der Waals surface area contributed by atoms with Crippen molar-refractivity contribution in [3.05, 3.63) is 33.9 Å². The monoisotopic (exact) mass is 251 g/mol. The van der Waals surface area contributed by atoms with Gasteiger partial charge in [-0.1, -0.05) is 19.9 Å². The summed E-state index contributed by atoms with van der Waals surface area (Å²) >= 11 is 0. The summed E-state index contributed by atoms with van der Waals surface area (Å²) in [7, 11) is 0. The Labute approximate surface area is 108 Å². The molecule has 1 rings (SSSR count). The largest absolute Gasteiger partial charge is 0.373 e. The average Bonchev–Trinajstić information content (AvgIpc) is 2.28. The van der Waals surface area contributed by atoms with Crippen LogP contribution in [0.4, 0.5) is 11.4 Å². The van der Waals surface area contributed by atoms with E-state index in [4.69, 9.17) is 5.73 Å². The first-order valence-corrected chi connectivity index (χ1v) is 6.03. The smallest absolute Gasteiger partial charge is 0.292 e. The lowest BCUT2D eigenvalue weighted by Gasteiger charge is -2.34. The molecule has 0 aliphatic heterocycles. The highest BCUT2D eigenvalue weighted by molar-refractivity contribution is 5.64. The van der Waals surface area contributed by atoms with Crippen LogP contribution in [0.1, 0.15) is 26.3 Å². The normalized spacial score (nSPS) is 14.3. The molecule has 1 atom stereocenters. The SMILES string of the molecule is Cc1ccc([N+](=O)[O-])c(NC(C)(CN)C(C)C)c1. The van der Waals surface area contributed by atoms with E-state index in [0.29, 0.717) is 12.2 Å². The summed E-state index contributed by atoms with van der Waals surface area (Å²) in [5.41, 5.74) is 7.02. The first-order chi connectivity index (χ1) is 8.30. The van der Waals surface area contributed by atoms with Gasteiger partial charge in [-0.15, -0.1) is 0 Å². The third-order valence-corrected chi connectivity index (χ3v) is 3.47. The molecule has 18 heavy (non-hydrogen) atoms. The Balaban J connectivity index is 3.16. The zero-order chi connectivity index (χ0) is 13.9. The highest BCUT2D eigenvalue weighted by Crippen LogP contribution is 2.30. The molecular formula is C13H21N3O2. The van der Waals surface area contributed by atoms with Crippen molar-refractivity contribution >= 4 is 11.4 Å². The number of nitro groups is 1. The number of aryl methyl sites for hydroxylation is 1. The Morgan fingerprint density at radius 3 is 2.56 bits per heavy atom. The van der Waals surface area contributed by atoms with Crippen LogP contribution in [0.2, 0.25) is 0 Å². The summed E-state index contributed by atoms with van der Waals surface area (Å²) in [6, 6.07) is 5.04. The summed E-state index contributed by atoms with van der Waals surface area (Å²) in [5, 5.41) is 14.2. The van der Waals surface area contributed by atoms with Gasteiger partial charge in [-0.3, -0.25) is 10.1 Å². The van der Waals surface area contributed by atoms with Crippen molar-refractivity contribution in [1.29, 1.82) is 0 Å². The fourth-order valence-electron chi connectivity index (χ4n) is 1.65. The number of rotatable bonds is 5. The van der Waals surface area contributed by atoms with Gasteiger partial charge in [0.2, 0.25) is 0 Å². The van der Waals surface area contributed by atoms with Crippen molar-refractivity contribution in [3.8, 4) is 0 Å². The lowest BCUT2D eigenvalue weighted by atomic mass is 9.88. The average molecular weight is 251 g/mol. The summed E-state index contributed by atoms with van der Waals surface area (Å²) in [4.78, 5) is 10.6. The maximum Gasteiger partial charge on any atom is 0.292 e. The quantitative estimate of drug-likeness (QED) is 0.622. The van der Waals surface area contributed by atoms with Crippen molar-refractivity contribution in [2.75, 3.05) is 11.9 Å². The van der Waals surface area contributed by atoms with Crippen LogP contribution < -0.4 is 11.1 Å². The van der Waals surface area contributed by atoms with Gasteiger partial charge in [0.25, 0.3) is 5.69 Å². The summed E-state index contributed by atoms with van der Waals surface area (Å²) < 4.78 is 0.